The van der Waals surface area contributed by atoms with E-state index < -0.39 is 24.4 Å². The molecular formula is C8H11F3N2O3. The first-order valence-corrected chi connectivity index (χ1v) is 4.52. The summed E-state index contributed by atoms with van der Waals surface area (Å²) in [5.41, 5.74) is -3.29. The number of aliphatic hydroxyl groups is 1. The van der Waals surface area contributed by atoms with Crippen molar-refractivity contribution in [2.24, 2.45) is 5.10 Å². The van der Waals surface area contributed by atoms with Crippen LogP contribution in [0.2, 0.25) is 0 Å². The van der Waals surface area contributed by atoms with Crippen molar-refractivity contribution >= 4 is 11.8 Å². The van der Waals surface area contributed by atoms with Gasteiger partial charge in [0.15, 0.2) is 0 Å². The Morgan fingerprint density at radius 3 is 2.69 bits per heavy atom. The summed E-state index contributed by atoms with van der Waals surface area (Å²) >= 11 is 0. The summed E-state index contributed by atoms with van der Waals surface area (Å²) in [5.74, 6) is 0. The fraction of sp³-hybridized carbons (Fsp3) is 0.750. The van der Waals surface area contributed by atoms with Gasteiger partial charge < -0.3 is 9.84 Å². The monoisotopic (exact) mass is 240 g/mol. The van der Waals surface area contributed by atoms with Crippen LogP contribution in [0.25, 0.3) is 0 Å². The molecule has 1 aliphatic heterocycles. The average molecular weight is 240 g/mol. The highest BCUT2D eigenvalue weighted by molar-refractivity contribution is 5.87. The van der Waals surface area contributed by atoms with Crippen molar-refractivity contribution in [2.45, 2.75) is 32.2 Å². The van der Waals surface area contributed by atoms with Crippen LogP contribution in [0.15, 0.2) is 5.10 Å². The van der Waals surface area contributed by atoms with Gasteiger partial charge in [-0.3, -0.25) is 0 Å². The van der Waals surface area contributed by atoms with Gasteiger partial charge in [0.2, 0.25) is 0 Å². The van der Waals surface area contributed by atoms with E-state index in [1.807, 2.05) is 0 Å². The fourth-order valence-electron chi connectivity index (χ4n) is 1.32. The smallest absolute Gasteiger partial charge is 0.439 e. The first-order valence-electron chi connectivity index (χ1n) is 4.52. The predicted octanol–water partition coefficient (Wildman–Crippen LogP) is 1.48. The minimum absolute atomic E-state index is 0.00729. The molecule has 5 nitrogen and oxygen atoms in total. The molecule has 0 aromatic heterocycles. The van der Waals surface area contributed by atoms with Gasteiger partial charge in [-0.1, -0.05) is 0 Å². The quantitative estimate of drug-likeness (QED) is 0.755. The fourth-order valence-corrected chi connectivity index (χ4v) is 1.32. The molecule has 0 aromatic carbocycles. The number of nitrogens with zero attached hydrogens (tertiary/aromatic N) is 2. The second-order valence-electron chi connectivity index (χ2n) is 3.34. The number of carbonyl (C=O) groups is 1. The molecule has 0 saturated carbocycles. The van der Waals surface area contributed by atoms with Gasteiger partial charge in [-0.2, -0.15) is 23.3 Å². The molecule has 1 atom stereocenters. The van der Waals surface area contributed by atoms with E-state index in [9.17, 15) is 23.1 Å². The van der Waals surface area contributed by atoms with Crippen LogP contribution >= 0.6 is 0 Å². The third-order valence-electron chi connectivity index (χ3n) is 2.02. The van der Waals surface area contributed by atoms with Gasteiger partial charge in [-0.05, 0) is 13.8 Å². The highest BCUT2D eigenvalue weighted by atomic mass is 19.4. The first-order chi connectivity index (χ1) is 7.22. The number of rotatable bonds is 1. The van der Waals surface area contributed by atoms with E-state index in [0.717, 1.165) is 0 Å². The number of halogens is 3. The molecule has 0 radical (unpaired) electrons. The molecule has 0 saturated heterocycles. The first kappa shape index (κ1) is 12.8. The summed E-state index contributed by atoms with van der Waals surface area (Å²) in [6.45, 7) is 2.63. The third-order valence-corrected chi connectivity index (χ3v) is 2.02. The normalized spacial score (nSPS) is 25.6. The van der Waals surface area contributed by atoms with Crippen LogP contribution < -0.4 is 0 Å². The summed E-state index contributed by atoms with van der Waals surface area (Å²) in [6, 6.07) is 0. The molecule has 0 bridgehead atoms. The second kappa shape index (κ2) is 3.93. The maximum Gasteiger partial charge on any atom is 0.439 e. The van der Waals surface area contributed by atoms with E-state index >= 15 is 0 Å². The standard InChI is InChI=1S/C8H11F3N2O3/c1-3-16-6(14)13-7(15,8(9,10)11)4-5(2)12-13/h15H,3-4H2,1-2H3/t7-/m1/s1. The summed E-state index contributed by atoms with van der Waals surface area (Å²) in [4.78, 5) is 11.2. The Kier molecular flexibility index (Phi) is 3.13. The lowest BCUT2D eigenvalue weighted by Gasteiger charge is -2.31. The molecule has 0 aliphatic carbocycles. The molecule has 16 heavy (non-hydrogen) atoms. The molecule has 1 rings (SSSR count). The summed E-state index contributed by atoms with van der Waals surface area (Å²) in [7, 11) is 0. The Hall–Kier alpha value is -1.31. The Balaban J connectivity index is 3.00. The number of carbonyl (C=O) groups excluding carboxylic acids is 1. The zero-order valence-electron chi connectivity index (χ0n) is 8.71. The molecule has 0 unspecified atom stereocenters. The van der Waals surface area contributed by atoms with Crippen LogP contribution in [-0.2, 0) is 4.74 Å². The lowest BCUT2D eigenvalue weighted by atomic mass is 10.1. The number of alkyl halides is 3. The second-order valence-corrected chi connectivity index (χ2v) is 3.34. The lowest BCUT2D eigenvalue weighted by molar-refractivity contribution is -0.299. The number of amides is 1. The number of hydrogen-bond donors (Lipinski definition) is 1. The van der Waals surface area contributed by atoms with Gasteiger partial charge in [-0.15, -0.1) is 0 Å². The molecule has 0 fully saturated rings. The molecule has 92 valence electrons. The van der Waals surface area contributed by atoms with Crippen molar-refractivity contribution in [3.8, 4) is 0 Å². The van der Waals surface area contributed by atoms with Crippen molar-refractivity contribution in [1.82, 2.24) is 5.01 Å². The van der Waals surface area contributed by atoms with E-state index in [1.54, 1.807) is 0 Å². The summed E-state index contributed by atoms with van der Waals surface area (Å²) in [5, 5.41) is 12.7. The van der Waals surface area contributed by atoms with Gasteiger partial charge in [0, 0.05) is 12.1 Å². The lowest BCUT2D eigenvalue weighted by Crippen LogP contribution is -2.56. The van der Waals surface area contributed by atoms with Crippen molar-refractivity contribution in [1.29, 1.82) is 0 Å². The Morgan fingerprint density at radius 1 is 1.69 bits per heavy atom. The van der Waals surface area contributed by atoms with Crippen LogP contribution in [0.1, 0.15) is 20.3 Å². The predicted molar refractivity (Wildman–Crippen MR) is 47.6 cm³/mol. The molecule has 1 heterocycles. The van der Waals surface area contributed by atoms with Crippen LogP contribution in [0.5, 0.6) is 0 Å². The minimum Gasteiger partial charge on any atom is -0.448 e. The van der Waals surface area contributed by atoms with Crippen molar-refractivity contribution in [3.05, 3.63) is 0 Å². The van der Waals surface area contributed by atoms with Crippen LogP contribution in [0.3, 0.4) is 0 Å². The number of hydrazone groups is 1. The topological polar surface area (TPSA) is 62.1 Å². The van der Waals surface area contributed by atoms with Crippen LogP contribution in [0.4, 0.5) is 18.0 Å². The molecular weight excluding hydrogens is 229 g/mol. The zero-order valence-corrected chi connectivity index (χ0v) is 8.71. The molecule has 1 amide bonds. The van der Waals surface area contributed by atoms with Crippen molar-refractivity contribution in [2.75, 3.05) is 6.61 Å². The average Bonchev–Trinajstić information content (AvgIpc) is 2.42. The molecule has 8 heteroatoms. The summed E-state index contributed by atoms with van der Waals surface area (Å²) < 4.78 is 42.2. The van der Waals surface area contributed by atoms with Gasteiger partial charge in [-0.25, -0.2) is 4.79 Å². The van der Waals surface area contributed by atoms with Crippen LogP contribution in [-0.4, -0.2) is 40.4 Å². The molecule has 0 aromatic rings. The number of hydrogen-bond acceptors (Lipinski definition) is 4. The summed E-state index contributed by atoms with van der Waals surface area (Å²) in [6.07, 6.45) is -7.07. The molecule has 1 N–H and O–H groups in total. The van der Waals surface area contributed by atoms with Crippen molar-refractivity contribution < 1.29 is 27.8 Å². The van der Waals surface area contributed by atoms with E-state index in [0.29, 0.717) is 0 Å². The highest BCUT2D eigenvalue weighted by Gasteiger charge is 2.63. The van der Waals surface area contributed by atoms with Gasteiger partial charge in [0.25, 0.3) is 5.72 Å². The van der Waals surface area contributed by atoms with Gasteiger partial charge in [0.1, 0.15) is 0 Å². The largest absolute Gasteiger partial charge is 0.448 e. The zero-order chi connectivity index (χ0) is 12.6. The van der Waals surface area contributed by atoms with Crippen molar-refractivity contribution in [3.63, 3.8) is 0 Å². The highest BCUT2D eigenvalue weighted by Crippen LogP contribution is 2.40. The van der Waals surface area contributed by atoms with Crippen LogP contribution in [0, 0.1) is 0 Å². The Labute approximate surface area is 89.5 Å². The van der Waals surface area contributed by atoms with E-state index in [2.05, 4.69) is 9.84 Å². The van der Waals surface area contributed by atoms with Gasteiger partial charge >= 0.3 is 12.3 Å². The van der Waals surface area contributed by atoms with E-state index in [4.69, 9.17) is 0 Å². The van der Waals surface area contributed by atoms with E-state index in [1.165, 1.54) is 13.8 Å². The van der Waals surface area contributed by atoms with Gasteiger partial charge in [0.05, 0.1) is 6.61 Å². The third kappa shape index (κ3) is 1.97. The Bertz CT molecular complexity index is 329. The maximum absolute atomic E-state index is 12.6. The minimum atomic E-state index is -4.99. The maximum atomic E-state index is 12.6. The Morgan fingerprint density at radius 2 is 2.25 bits per heavy atom. The SMILES string of the molecule is CCOC(=O)N1N=C(C)C[C@@]1(O)C(F)(F)F. The molecule has 1 aliphatic rings. The molecule has 0 spiro atoms. The van der Waals surface area contributed by atoms with E-state index in [-0.39, 0.29) is 17.3 Å². The number of ether oxygens (including phenoxy) is 1.